The van der Waals surface area contributed by atoms with E-state index >= 15 is 0 Å². The molecule has 1 aliphatic rings. The molecule has 62 valence electrons. The summed E-state index contributed by atoms with van der Waals surface area (Å²) in [5, 5.41) is 0. The van der Waals surface area contributed by atoms with Gasteiger partial charge in [0.15, 0.2) is 0 Å². The fourth-order valence-corrected chi connectivity index (χ4v) is 0.856. The second kappa shape index (κ2) is 9.61. The molecule has 0 aliphatic heterocycles. The summed E-state index contributed by atoms with van der Waals surface area (Å²) in [6, 6.07) is 0. The Kier molecular flexibility index (Phi) is 12.7. The predicted octanol–water partition coefficient (Wildman–Crippen LogP) is 2.67. The van der Waals surface area contributed by atoms with Crippen molar-refractivity contribution in [3.05, 3.63) is 24.3 Å². The number of hydrogen-bond acceptors (Lipinski definition) is 0. The topological polar surface area (TPSA) is 0 Å². The zero-order chi connectivity index (χ0) is 5.66. The molecule has 1 rings (SSSR count). The maximum absolute atomic E-state index is 2.27. The molecule has 0 saturated heterocycles. The average Bonchev–Trinajstić information content (AvgIpc) is 1.62. The second-order valence-electron chi connectivity index (χ2n) is 2.10. The number of rotatable bonds is 0. The van der Waals surface area contributed by atoms with Crippen LogP contribution in [0.3, 0.4) is 0 Å². The smallest absolute Gasteiger partial charge is 0 e. The molecule has 0 saturated carbocycles. The van der Waals surface area contributed by atoms with Crippen LogP contribution in [0.15, 0.2) is 24.3 Å². The van der Waals surface area contributed by atoms with Gasteiger partial charge < -0.3 is 0 Å². The molecule has 0 radical (unpaired) electrons. The van der Waals surface area contributed by atoms with E-state index in [9.17, 15) is 0 Å². The van der Waals surface area contributed by atoms with Gasteiger partial charge in [-0.3, -0.25) is 0 Å². The monoisotopic (exact) mass is 358 g/mol. The van der Waals surface area contributed by atoms with Gasteiger partial charge in [0.05, 0.1) is 0 Å². The van der Waals surface area contributed by atoms with Gasteiger partial charge in [-0.15, -0.1) is 0 Å². The third-order valence-corrected chi connectivity index (χ3v) is 1.33. The van der Waals surface area contributed by atoms with E-state index in [0.29, 0.717) is 0 Å². The summed E-state index contributed by atoms with van der Waals surface area (Å²) in [6.07, 6.45) is 14.0. The molecule has 0 fully saturated rings. The van der Waals surface area contributed by atoms with E-state index in [1.165, 1.54) is 25.7 Å². The molecule has 0 spiro atoms. The predicted molar refractivity (Wildman–Crippen MR) is 36.7 cm³/mol. The van der Waals surface area contributed by atoms with Crippen molar-refractivity contribution in [3.63, 3.8) is 0 Å². The van der Waals surface area contributed by atoms with Gasteiger partial charge in [0.25, 0.3) is 0 Å². The van der Waals surface area contributed by atoms with Crippen LogP contribution in [0.25, 0.3) is 0 Å². The fourth-order valence-electron chi connectivity index (χ4n) is 0.856. The Hall–Kier alpha value is 0.610. The van der Waals surface area contributed by atoms with E-state index in [4.69, 9.17) is 0 Å². The fraction of sp³-hybridized carbons (Fsp3) is 0.500. The summed E-state index contributed by atoms with van der Waals surface area (Å²) in [7, 11) is 0. The molecule has 0 N–H and O–H groups in total. The van der Waals surface area contributed by atoms with Crippen molar-refractivity contribution in [1.82, 2.24) is 0 Å². The standard InChI is InChI=1S/C8H12.Ni.Os/c1-2-4-6-8-7-5-3-1;;/h1-2,7-8H,3-6H2;;. The Morgan fingerprint density at radius 1 is 0.600 bits per heavy atom. The van der Waals surface area contributed by atoms with Crippen molar-refractivity contribution >= 4 is 0 Å². The van der Waals surface area contributed by atoms with Gasteiger partial charge in [-0.2, -0.15) is 0 Å². The summed E-state index contributed by atoms with van der Waals surface area (Å²) in [5.41, 5.74) is 0. The van der Waals surface area contributed by atoms with Gasteiger partial charge in [-0.05, 0) is 25.7 Å². The molecule has 0 amide bonds. The first-order valence-electron chi connectivity index (χ1n) is 3.30. The first-order chi connectivity index (χ1) is 4.00. The van der Waals surface area contributed by atoms with Crippen LogP contribution >= 0.6 is 0 Å². The quantitative estimate of drug-likeness (QED) is 0.462. The number of hydrogen-bond donors (Lipinski definition) is 0. The van der Waals surface area contributed by atoms with Crippen molar-refractivity contribution in [2.75, 3.05) is 0 Å². The van der Waals surface area contributed by atoms with E-state index in [0.717, 1.165) is 0 Å². The molecule has 1 aliphatic carbocycles. The van der Waals surface area contributed by atoms with Crippen LogP contribution in [-0.4, -0.2) is 0 Å². The minimum Gasteiger partial charge on any atom is -0.0882 e. The van der Waals surface area contributed by atoms with Crippen LogP contribution in [0.4, 0.5) is 0 Å². The molecule has 10 heavy (non-hydrogen) atoms. The van der Waals surface area contributed by atoms with E-state index in [1.807, 2.05) is 0 Å². The van der Waals surface area contributed by atoms with Gasteiger partial charge >= 0.3 is 0 Å². The van der Waals surface area contributed by atoms with Crippen LogP contribution in [0.1, 0.15) is 25.7 Å². The Morgan fingerprint density at radius 2 is 0.800 bits per heavy atom. The van der Waals surface area contributed by atoms with Crippen molar-refractivity contribution in [3.8, 4) is 0 Å². The zero-order valence-electron chi connectivity index (χ0n) is 5.81. The van der Waals surface area contributed by atoms with Crippen LogP contribution < -0.4 is 0 Å². The second-order valence-corrected chi connectivity index (χ2v) is 2.10. The maximum atomic E-state index is 2.27. The zero-order valence-corrected chi connectivity index (χ0v) is 9.34. The molecule has 0 aromatic carbocycles. The largest absolute Gasteiger partial charge is 0.0882 e. The van der Waals surface area contributed by atoms with Crippen molar-refractivity contribution < 1.29 is 36.3 Å². The molecule has 0 bridgehead atoms. The minimum atomic E-state index is 0. The Morgan fingerprint density at radius 3 is 1.00 bits per heavy atom. The van der Waals surface area contributed by atoms with Crippen LogP contribution in [0.5, 0.6) is 0 Å². The summed E-state index contributed by atoms with van der Waals surface area (Å²) >= 11 is 0. The van der Waals surface area contributed by atoms with Gasteiger partial charge in [0, 0.05) is 36.3 Å². The summed E-state index contributed by atoms with van der Waals surface area (Å²) in [5.74, 6) is 0. The van der Waals surface area contributed by atoms with Crippen LogP contribution in [0, 0.1) is 0 Å². The Labute approximate surface area is 86.1 Å². The first kappa shape index (κ1) is 13.2. The molecule has 0 unspecified atom stereocenters. The minimum absolute atomic E-state index is 0. The maximum Gasteiger partial charge on any atom is 0 e. The third-order valence-electron chi connectivity index (χ3n) is 1.33. The van der Waals surface area contributed by atoms with Gasteiger partial charge in [-0.25, -0.2) is 0 Å². The van der Waals surface area contributed by atoms with Gasteiger partial charge in [0.2, 0.25) is 0 Å². The average molecular weight is 357 g/mol. The third kappa shape index (κ3) is 6.73. The molecule has 0 atom stereocenters. The molecule has 0 nitrogen and oxygen atoms in total. The molecule has 0 aromatic heterocycles. The van der Waals surface area contributed by atoms with E-state index < -0.39 is 0 Å². The summed E-state index contributed by atoms with van der Waals surface area (Å²) in [6.45, 7) is 0. The van der Waals surface area contributed by atoms with Crippen LogP contribution in [0.2, 0.25) is 0 Å². The molecule has 0 aromatic rings. The molecule has 0 heterocycles. The first-order valence-corrected chi connectivity index (χ1v) is 3.30. The molecule has 2 heteroatoms. The summed E-state index contributed by atoms with van der Waals surface area (Å²) in [4.78, 5) is 0. The van der Waals surface area contributed by atoms with Crippen molar-refractivity contribution in [1.29, 1.82) is 0 Å². The Bertz CT molecular complexity index is 81.8. The van der Waals surface area contributed by atoms with Crippen molar-refractivity contribution in [2.45, 2.75) is 25.7 Å². The van der Waals surface area contributed by atoms with E-state index in [2.05, 4.69) is 24.3 Å². The van der Waals surface area contributed by atoms with Crippen molar-refractivity contribution in [2.24, 2.45) is 0 Å². The normalized spacial score (nSPS) is 16.0. The summed E-state index contributed by atoms with van der Waals surface area (Å²) < 4.78 is 0. The SMILES string of the molecule is C1=CCCC=CCC1.[Ni].[Os]. The van der Waals surface area contributed by atoms with E-state index in [1.54, 1.807) is 0 Å². The molecular weight excluding hydrogens is 345 g/mol. The molecular formula is C8H12NiOs. The van der Waals surface area contributed by atoms with Gasteiger partial charge in [-0.1, -0.05) is 24.3 Å². The van der Waals surface area contributed by atoms with E-state index in [-0.39, 0.29) is 36.3 Å². The Balaban J connectivity index is 0. The van der Waals surface area contributed by atoms with Gasteiger partial charge in [0.1, 0.15) is 0 Å². The number of allylic oxidation sites excluding steroid dienone is 4. The van der Waals surface area contributed by atoms with Crippen LogP contribution in [-0.2, 0) is 36.3 Å².